The summed E-state index contributed by atoms with van der Waals surface area (Å²) >= 11 is 0. The minimum atomic E-state index is -4.11. The highest BCUT2D eigenvalue weighted by Gasteiger charge is 2.27. The molecule has 4 aromatic rings. The molecule has 9 nitrogen and oxygen atoms in total. The van der Waals surface area contributed by atoms with Gasteiger partial charge in [0.1, 0.15) is 12.3 Å². The monoisotopic (exact) mass is 593 g/mol. The summed E-state index contributed by atoms with van der Waals surface area (Å²) in [6.45, 7) is 5.60. The molecule has 4 aromatic carbocycles. The van der Waals surface area contributed by atoms with E-state index in [4.69, 9.17) is 4.74 Å². The van der Waals surface area contributed by atoms with Gasteiger partial charge in [0.15, 0.2) is 0 Å². The fourth-order valence-electron chi connectivity index (χ4n) is 3.98. The molecule has 0 radical (unpaired) electrons. The van der Waals surface area contributed by atoms with Crippen molar-refractivity contribution in [3.05, 3.63) is 108 Å². The maximum absolute atomic E-state index is 13.6. The Kier molecular flexibility index (Phi) is 8.99. The highest BCUT2D eigenvalue weighted by molar-refractivity contribution is 7.93. The van der Waals surface area contributed by atoms with E-state index in [9.17, 15) is 21.6 Å². The quantitative estimate of drug-likeness (QED) is 0.242. The Balaban J connectivity index is 1.50. The van der Waals surface area contributed by atoms with Gasteiger partial charge in [-0.15, -0.1) is 0 Å². The molecular formula is C30H31N3O6S2. The number of benzene rings is 4. The third kappa shape index (κ3) is 7.24. The second-order valence-corrected chi connectivity index (χ2v) is 12.8. The molecule has 0 aromatic heterocycles. The number of ether oxygens (including phenoxy) is 1. The van der Waals surface area contributed by atoms with E-state index in [1.807, 2.05) is 26.8 Å². The lowest BCUT2D eigenvalue weighted by Crippen LogP contribution is -2.38. The molecule has 4 rings (SSSR count). The zero-order valence-electron chi connectivity index (χ0n) is 22.9. The Bertz CT molecular complexity index is 1720. The van der Waals surface area contributed by atoms with Gasteiger partial charge in [0, 0.05) is 11.4 Å². The molecule has 0 saturated heterocycles. The average Bonchev–Trinajstić information content (AvgIpc) is 2.95. The van der Waals surface area contributed by atoms with Crippen LogP contribution in [0.5, 0.6) is 5.75 Å². The number of para-hydroxylation sites is 1. The topological polar surface area (TPSA) is 122 Å². The van der Waals surface area contributed by atoms with Crippen molar-refractivity contribution >= 4 is 43.0 Å². The number of rotatable bonds is 11. The molecule has 41 heavy (non-hydrogen) atoms. The van der Waals surface area contributed by atoms with Crippen LogP contribution in [0.4, 0.5) is 17.1 Å². The van der Waals surface area contributed by atoms with E-state index in [1.54, 1.807) is 54.6 Å². The van der Waals surface area contributed by atoms with Gasteiger partial charge in [-0.25, -0.2) is 16.8 Å². The third-order valence-electron chi connectivity index (χ3n) is 6.26. The van der Waals surface area contributed by atoms with Crippen LogP contribution in [-0.2, 0) is 24.8 Å². The van der Waals surface area contributed by atoms with Crippen molar-refractivity contribution in [3.63, 3.8) is 0 Å². The molecule has 0 heterocycles. The third-order valence-corrected chi connectivity index (χ3v) is 9.45. The first-order chi connectivity index (χ1) is 19.5. The van der Waals surface area contributed by atoms with Crippen molar-refractivity contribution in [1.82, 2.24) is 0 Å². The van der Waals surface area contributed by atoms with Crippen molar-refractivity contribution in [2.24, 2.45) is 0 Å². The van der Waals surface area contributed by atoms with Gasteiger partial charge in [0.25, 0.3) is 20.0 Å². The average molecular weight is 594 g/mol. The molecule has 0 atom stereocenters. The van der Waals surface area contributed by atoms with Crippen molar-refractivity contribution in [3.8, 4) is 5.75 Å². The summed E-state index contributed by atoms with van der Waals surface area (Å²) < 4.78 is 61.8. The summed E-state index contributed by atoms with van der Waals surface area (Å²) in [7, 11) is -7.96. The molecule has 0 fully saturated rings. The fourth-order valence-corrected chi connectivity index (χ4v) is 6.45. The minimum Gasteiger partial charge on any atom is -0.494 e. The smallest absolute Gasteiger partial charge is 0.264 e. The molecule has 214 valence electrons. The van der Waals surface area contributed by atoms with Gasteiger partial charge in [-0.2, -0.15) is 0 Å². The van der Waals surface area contributed by atoms with Crippen molar-refractivity contribution < 1.29 is 26.4 Å². The Labute approximate surface area is 240 Å². The van der Waals surface area contributed by atoms with Crippen LogP contribution >= 0.6 is 0 Å². The number of aryl methyl sites for hydroxylation is 2. The van der Waals surface area contributed by atoms with Crippen LogP contribution in [0, 0.1) is 13.8 Å². The summed E-state index contributed by atoms with van der Waals surface area (Å²) in [4.78, 5) is 13.0. The van der Waals surface area contributed by atoms with Crippen LogP contribution in [0.3, 0.4) is 0 Å². The lowest BCUT2D eigenvalue weighted by Gasteiger charge is -2.24. The number of hydrogen-bond donors (Lipinski definition) is 2. The number of amides is 1. The number of anilines is 3. The Morgan fingerprint density at radius 2 is 1.37 bits per heavy atom. The maximum Gasteiger partial charge on any atom is 0.264 e. The van der Waals surface area contributed by atoms with Crippen molar-refractivity contribution in [2.45, 2.75) is 30.6 Å². The fraction of sp³-hybridized carbons (Fsp3) is 0.167. The molecule has 0 bridgehead atoms. The normalized spacial score (nSPS) is 11.5. The van der Waals surface area contributed by atoms with E-state index in [0.29, 0.717) is 29.4 Å². The van der Waals surface area contributed by atoms with Crippen LogP contribution < -0.4 is 19.1 Å². The second-order valence-electron chi connectivity index (χ2n) is 9.23. The molecular weight excluding hydrogens is 562 g/mol. The highest BCUT2D eigenvalue weighted by atomic mass is 32.2. The first kappa shape index (κ1) is 29.6. The van der Waals surface area contributed by atoms with E-state index in [0.717, 1.165) is 15.4 Å². The molecule has 0 aliphatic heterocycles. The molecule has 11 heteroatoms. The van der Waals surface area contributed by atoms with Gasteiger partial charge in [0.2, 0.25) is 5.91 Å². The first-order valence-electron chi connectivity index (χ1n) is 12.8. The molecule has 1 amide bonds. The number of carbonyl (C=O) groups is 1. The molecule has 0 aliphatic rings. The Morgan fingerprint density at radius 3 is 1.98 bits per heavy atom. The lowest BCUT2D eigenvalue weighted by atomic mass is 10.1. The summed E-state index contributed by atoms with van der Waals surface area (Å²) in [6, 6.07) is 25.2. The number of nitrogens with zero attached hydrogens (tertiary/aromatic N) is 1. The molecule has 0 unspecified atom stereocenters. The minimum absolute atomic E-state index is 0.00318. The van der Waals surface area contributed by atoms with Crippen molar-refractivity contribution in [2.75, 3.05) is 27.5 Å². The molecule has 0 aliphatic carbocycles. The van der Waals surface area contributed by atoms with Gasteiger partial charge in [-0.1, -0.05) is 24.3 Å². The summed E-state index contributed by atoms with van der Waals surface area (Å²) in [5, 5.41) is 2.65. The van der Waals surface area contributed by atoms with E-state index in [-0.39, 0.29) is 9.79 Å². The first-order valence-corrected chi connectivity index (χ1v) is 15.7. The predicted molar refractivity (Wildman–Crippen MR) is 160 cm³/mol. The van der Waals surface area contributed by atoms with E-state index in [1.165, 1.54) is 36.4 Å². The van der Waals surface area contributed by atoms with Crippen LogP contribution in [0.1, 0.15) is 18.1 Å². The van der Waals surface area contributed by atoms with Gasteiger partial charge in [-0.05, 0) is 105 Å². The van der Waals surface area contributed by atoms with Gasteiger partial charge in [-0.3, -0.25) is 13.8 Å². The molecule has 0 saturated carbocycles. The number of carbonyl (C=O) groups excluding carboxylic acids is 1. The van der Waals surface area contributed by atoms with Crippen molar-refractivity contribution in [1.29, 1.82) is 0 Å². The lowest BCUT2D eigenvalue weighted by molar-refractivity contribution is -0.114. The summed E-state index contributed by atoms with van der Waals surface area (Å²) in [5.74, 6) is -0.0719. The zero-order valence-corrected chi connectivity index (χ0v) is 24.5. The Hall–Kier alpha value is -4.35. The Morgan fingerprint density at radius 1 is 0.756 bits per heavy atom. The van der Waals surface area contributed by atoms with Crippen LogP contribution in [0.25, 0.3) is 0 Å². The maximum atomic E-state index is 13.6. The van der Waals surface area contributed by atoms with Crippen LogP contribution in [0.15, 0.2) is 107 Å². The van der Waals surface area contributed by atoms with Crippen LogP contribution in [0.2, 0.25) is 0 Å². The largest absolute Gasteiger partial charge is 0.494 e. The van der Waals surface area contributed by atoms with E-state index in [2.05, 4.69) is 10.0 Å². The molecule has 2 N–H and O–H groups in total. The predicted octanol–water partition coefficient (Wildman–Crippen LogP) is 5.34. The van der Waals surface area contributed by atoms with Gasteiger partial charge in [0.05, 0.1) is 22.1 Å². The van der Waals surface area contributed by atoms with Gasteiger partial charge >= 0.3 is 0 Å². The van der Waals surface area contributed by atoms with Gasteiger partial charge < -0.3 is 10.1 Å². The van der Waals surface area contributed by atoms with Crippen LogP contribution in [-0.4, -0.2) is 35.9 Å². The van der Waals surface area contributed by atoms with E-state index >= 15 is 0 Å². The standard InChI is InChI=1S/C30H31N3O6S2/c1-4-39-27-14-18-29(19-15-27)41(37,38)33(26-8-6-5-7-9-26)21-30(34)31-24-12-16-28(17-13-24)40(35,36)32-25-11-10-22(2)23(3)20-25/h5-20,32H,4,21H2,1-3H3,(H,31,34). The number of sulfonamides is 2. The zero-order chi connectivity index (χ0) is 29.6. The SMILES string of the molecule is CCOc1ccc(S(=O)(=O)N(CC(=O)Nc2ccc(S(=O)(=O)Nc3ccc(C)c(C)c3)cc2)c2ccccc2)cc1. The van der Waals surface area contributed by atoms with E-state index < -0.39 is 32.5 Å². The number of nitrogens with one attached hydrogen (secondary N) is 2. The molecule has 0 spiro atoms. The number of hydrogen-bond acceptors (Lipinski definition) is 6. The summed E-state index contributed by atoms with van der Waals surface area (Å²) in [5.41, 5.74) is 3.07. The summed E-state index contributed by atoms with van der Waals surface area (Å²) in [6.07, 6.45) is 0. The highest BCUT2D eigenvalue weighted by Crippen LogP contribution is 2.26. The second kappa shape index (κ2) is 12.4.